The van der Waals surface area contributed by atoms with Crippen molar-refractivity contribution in [3.63, 3.8) is 0 Å². The number of furan rings is 1. The zero-order valence-corrected chi connectivity index (χ0v) is 20.1. The second-order valence-electron chi connectivity index (χ2n) is 8.40. The highest BCUT2D eigenvalue weighted by atomic mass is 16.5. The van der Waals surface area contributed by atoms with E-state index in [0.29, 0.717) is 36.0 Å². The van der Waals surface area contributed by atoms with Crippen LogP contribution in [0.25, 0.3) is 16.8 Å². The summed E-state index contributed by atoms with van der Waals surface area (Å²) in [4.78, 5) is 38.6. The maximum atomic E-state index is 13.0. The van der Waals surface area contributed by atoms with Crippen molar-refractivity contribution in [2.45, 2.75) is 20.1 Å². The fourth-order valence-corrected chi connectivity index (χ4v) is 4.05. The molecule has 0 radical (unpaired) electrons. The van der Waals surface area contributed by atoms with E-state index in [1.165, 1.54) is 12.3 Å². The molecular formula is C29H24N2O6. The molecule has 0 saturated carbocycles. The molecule has 4 aromatic rings. The molecule has 5 rings (SSSR count). The Morgan fingerprint density at radius 3 is 2.51 bits per heavy atom. The van der Waals surface area contributed by atoms with Crippen molar-refractivity contribution in [2.24, 2.45) is 0 Å². The number of nitrogens with one attached hydrogen (secondary N) is 1. The van der Waals surface area contributed by atoms with Crippen molar-refractivity contribution in [1.82, 2.24) is 10.2 Å². The van der Waals surface area contributed by atoms with Gasteiger partial charge < -0.3 is 13.9 Å². The van der Waals surface area contributed by atoms with Gasteiger partial charge in [0.2, 0.25) is 0 Å². The first-order valence-electron chi connectivity index (χ1n) is 11.8. The largest absolute Gasteiger partial charge is 0.490 e. The van der Waals surface area contributed by atoms with E-state index >= 15 is 0 Å². The van der Waals surface area contributed by atoms with Crippen LogP contribution < -0.4 is 14.8 Å². The number of rotatable bonds is 8. The van der Waals surface area contributed by atoms with Crippen molar-refractivity contribution in [3.05, 3.63) is 102 Å². The zero-order chi connectivity index (χ0) is 25.8. The number of benzene rings is 3. The molecule has 1 aromatic heterocycles. The monoisotopic (exact) mass is 496 g/mol. The summed E-state index contributed by atoms with van der Waals surface area (Å²) >= 11 is 0. The molecule has 1 aliphatic rings. The summed E-state index contributed by atoms with van der Waals surface area (Å²) < 4.78 is 17.1. The fourth-order valence-electron chi connectivity index (χ4n) is 4.05. The van der Waals surface area contributed by atoms with E-state index < -0.39 is 17.8 Å². The highest BCUT2D eigenvalue weighted by Crippen LogP contribution is 2.31. The van der Waals surface area contributed by atoms with Gasteiger partial charge in [-0.05, 0) is 65.2 Å². The number of imide groups is 2. The third-order valence-electron chi connectivity index (χ3n) is 5.87. The van der Waals surface area contributed by atoms with Crippen LogP contribution in [0.4, 0.5) is 4.79 Å². The third kappa shape index (κ3) is 5.23. The van der Waals surface area contributed by atoms with Gasteiger partial charge in [-0.1, -0.05) is 42.5 Å². The molecule has 0 bridgehead atoms. The Hall–Kier alpha value is -4.85. The molecule has 8 heteroatoms. The first-order valence-corrected chi connectivity index (χ1v) is 11.8. The minimum absolute atomic E-state index is 0.0893. The number of urea groups is 1. The summed E-state index contributed by atoms with van der Waals surface area (Å²) in [5, 5.41) is 4.49. The van der Waals surface area contributed by atoms with Crippen LogP contribution in [0.1, 0.15) is 23.8 Å². The summed E-state index contributed by atoms with van der Waals surface area (Å²) in [6, 6.07) is 21.9. The normalized spacial score (nSPS) is 14.8. The highest BCUT2D eigenvalue weighted by Gasteiger charge is 2.36. The van der Waals surface area contributed by atoms with Crippen LogP contribution in [0.2, 0.25) is 0 Å². The lowest BCUT2D eigenvalue weighted by Gasteiger charge is -2.25. The number of ether oxygens (including phenoxy) is 2. The van der Waals surface area contributed by atoms with Crippen molar-refractivity contribution < 1.29 is 28.3 Å². The molecule has 0 unspecified atom stereocenters. The minimum Gasteiger partial charge on any atom is -0.490 e. The Labute approximate surface area is 213 Å². The second kappa shape index (κ2) is 10.4. The van der Waals surface area contributed by atoms with Crippen LogP contribution in [0.3, 0.4) is 0 Å². The van der Waals surface area contributed by atoms with E-state index in [1.54, 1.807) is 30.3 Å². The lowest BCUT2D eigenvalue weighted by atomic mass is 10.1. The smallest absolute Gasteiger partial charge is 0.331 e. The summed E-state index contributed by atoms with van der Waals surface area (Å²) in [5.74, 6) is -0.0419. The Kier molecular flexibility index (Phi) is 6.72. The molecule has 1 fully saturated rings. The Morgan fingerprint density at radius 2 is 1.73 bits per heavy atom. The van der Waals surface area contributed by atoms with Gasteiger partial charge in [-0.25, -0.2) is 4.79 Å². The van der Waals surface area contributed by atoms with Gasteiger partial charge in [-0.3, -0.25) is 19.8 Å². The van der Waals surface area contributed by atoms with E-state index in [2.05, 4.69) is 29.6 Å². The maximum Gasteiger partial charge on any atom is 0.331 e. The molecule has 1 saturated heterocycles. The number of carbonyl (C=O) groups excluding carboxylic acids is 3. The molecule has 1 N–H and O–H groups in total. The summed E-state index contributed by atoms with van der Waals surface area (Å²) in [5.41, 5.74) is 1.39. The molecule has 2 heterocycles. The first kappa shape index (κ1) is 23.9. The number of carbonyl (C=O) groups is 3. The maximum absolute atomic E-state index is 13.0. The van der Waals surface area contributed by atoms with Crippen molar-refractivity contribution in [2.75, 3.05) is 6.61 Å². The van der Waals surface area contributed by atoms with Crippen LogP contribution in [0, 0.1) is 0 Å². The molecule has 37 heavy (non-hydrogen) atoms. The van der Waals surface area contributed by atoms with E-state index in [9.17, 15) is 14.4 Å². The average molecular weight is 497 g/mol. The predicted octanol–water partition coefficient (Wildman–Crippen LogP) is 5.07. The zero-order valence-electron chi connectivity index (χ0n) is 20.1. The molecule has 4 amide bonds. The first-order chi connectivity index (χ1) is 18.0. The number of amides is 4. The van der Waals surface area contributed by atoms with E-state index in [0.717, 1.165) is 21.2 Å². The van der Waals surface area contributed by atoms with Gasteiger partial charge in [-0.2, -0.15) is 0 Å². The molecule has 8 nitrogen and oxygen atoms in total. The standard InChI is InChI=1S/C29H24N2O6/c1-2-35-26-16-19(10-12-25(26)37-18-20-9-11-21-6-3-4-7-22(21)14-20)15-24-27(32)30-29(34)31(28(24)33)17-23-8-5-13-36-23/h3-16H,2,17-18H2,1H3,(H,30,32,34)/b24-15+. The molecule has 0 aliphatic carbocycles. The minimum atomic E-state index is -0.795. The Balaban J connectivity index is 1.36. The molecule has 0 spiro atoms. The van der Waals surface area contributed by atoms with Gasteiger partial charge in [0.05, 0.1) is 19.4 Å². The number of hydrogen-bond donors (Lipinski definition) is 1. The van der Waals surface area contributed by atoms with E-state index in [4.69, 9.17) is 13.9 Å². The molecule has 186 valence electrons. The lowest BCUT2D eigenvalue weighted by Crippen LogP contribution is -2.53. The van der Waals surface area contributed by atoms with Crippen LogP contribution in [0.5, 0.6) is 11.5 Å². The summed E-state index contributed by atoms with van der Waals surface area (Å²) in [7, 11) is 0. The third-order valence-corrected chi connectivity index (χ3v) is 5.87. The second-order valence-corrected chi connectivity index (χ2v) is 8.40. The number of fused-ring (bicyclic) bond motifs is 1. The Bertz CT molecular complexity index is 1510. The quantitative estimate of drug-likeness (QED) is 0.270. The van der Waals surface area contributed by atoms with Crippen LogP contribution in [-0.2, 0) is 22.7 Å². The van der Waals surface area contributed by atoms with Crippen LogP contribution >= 0.6 is 0 Å². The average Bonchev–Trinajstić information content (AvgIpc) is 3.42. The van der Waals surface area contributed by atoms with Gasteiger partial charge in [0, 0.05) is 0 Å². The number of barbiturate groups is 1. The van der Waals surface area contributed by atoms with E-state index in [1.807, 2.05) is 25.1 Å². The van der Waals surface area contributed by atoms with Crippen molar-refractivity contribution in [1.29, 1.82) is 0 Å². The highest BCUT2D eigenvalue weighted by molar-refractivity contribution is 6.30. The van der Waals surface area contributed by atoms with Crippen LogP contribution in [-0.4, -0.2) is 29.4 Å². The predicted molar refractivity (Wildman–Crippen MR) is 137 cm³/mol. The Morgan fingerprint density at radius 1 is 0.892 bits per heavy atom. The van der Waals surface area contributed by atoms with Crippen molar-refractivity contribution in [3.8, 4) is 11.5 Å². The molecule has 3 aromatic carbocycles. The van der Waals surface area contributed by atoms with Gasteiger partial charge in [0.25, 0.3) is 11.8 Å². The molecule has 1 aliphatic heterocycles. The lowest BCUT2D eigenvalue weighted by molar-refractivity contribution is -0.130. The van der Waals surface area contributed by atoms with E-state index in [-0.39, 0.29) is 12.1 Å². The topological polar surface area (TPSA) is 98.1 Å². The van der Waals surface area contributed by atoms with Gasteiger partial charge in [0.1, 0.15) is 17.9 Å². The summed E-state index contributed by atoms with van der Waals surface area (Å²) in [6.07, 6.45) is 2.87. The summed E-state index contributed by atoms with van der Waals surface area (Å²) in [6.45, 7) is 2.51. The SMILES string of the molecule is CCOc1cc(/C=C2\C(=O)NC(=O)N(Cc3ccco3)C2=O)ccc1OCc1ccc2ccccc2c1. The van der Waals surface area contributed by atoms with Crippen LogP contribution in [0.15, 0.2) is 89.0 Å². The number of hydrogen-bond acceptors (Lipinski definition) is 6. The molecule has 0 atom stereocenters. The van der Waals surface area contributed by atoms with Gasteiger partial charge in [0.15, 0.2) is 11.5 Å². The fraction of sp³-hybridized carbons (Fsp3) is 0.138. The van der Waals surface area contributed by atoms with Gasteiger partial charge in [-0.15, -0.1) is 0 Å². The van der Waals surface area contributed by atoms with Gasteiger partial charge >= 0.3 is 6.03 Å². The van der Waals surface area contributed by atoms with Crippen molar-refractivity contribution >= 4 is 34.7 Å². The number of nitrogens with zero attached hydrogens (tertiary/aromatic N) is 1. The molecular weight excluding hydrogens is 472 g/mol.